The Labute approximate surface area is 225 Å². The molecule has 1 atom stereocenters. The third kappa shape index (κ3) is 9.29. The second-order valence-corrected chi connectivity index (χ2v) is 12.1. The number of nitrogens with zero attached hydrogens (tertiary/aromatic N) is 2. The van der Waals surface area contributed by atoms with E-state index in [1.54, 1.807) is 12.1 Å². The van der Waals surface area contributed by atoms with Crippen molar-refractivity contribution >= 4 is 48.8 Å². The Hall–Kier alpha value is -3.18. The second-order valence-electron chi connectivity index (χ2n) is 9.55. The van der Waals surface area contributed by atoms with Crippen LogP contribution in [0.3, 0.4) is 0 Å². The second kappa shape index (κ2) is 13.1. The molecule has 3 aromatic rings. The van der Waals surface area contributed by atoms with Crippen LogP contribution in [0.15, 0.2) is 52.4 Å². The van der Waals surface area contributed by atoms with E-state index in [4.69, 9.17) is 8.92 Å². The van der Waals surface area contributed by atoms with E-state index in [2.05, 4.69) is 15.3 Å². The van der Waals surface area contributed by atoms with Crippen LogP contribution in [-0.4, -0.2) is 37.2 Å². The van der Waals surface area contributed by atoms with Crippen molar-refractivity contribution in [3.8, 4) is 5.75 Å². The number of anilines is 1. The number of amides is 1. The van der Waals surface area contributed by atoms with E-state index in [0.29, 0.717) is 34.6 Å². The monoisotopic (exact) mass is 563 g/mol. The van der Waals surface area contributed by atoms with Crippen LogP contribution >= 0.6 is 11.3 Å². The fraction of sp³-hybridized carbons (Fsp3) is 0.423. The van der Waals surface area contributed by atoms with Gasteiger partial charge in [0.25, 0.3) is 0 Å². The Morgan fingerprint density at radius 3 is 2.53 bits per heavy atom. The molecule has 0 bridgehead atoms. The van der Waals surface area contributed by atoms with Crippen LogP contribution in [0.2, 0.25) is 0 Å². The molecule has 1 N–H and O–H groups in total. The molecule has 0 aliphatic carbocycles. The third-order valence-corrected chi connectivity index (χ3v) is 7.40. The van der Waals surface area contributed by atoms with Crippen molar-refractivity contribution in [1.82, 2.24) is 4.98 Å². The summed E-state index contributed by atoms with van der Waals surface area (Å²) < 4.78 is 49.5. The van der Waals surface area contributed by atoms with E-state index < -0.39 is 27.8 Å². The molecule has 38 heavy (non-hydrogen) atoms. The summed E-state index contributed by atoms with van der Waals surface area (Å²) in [5, 5.41) is 3.18. The molecule has 0 radical (unpaired) electrons. The first-order valence-corrected chi connectivity index (χ1v) is 14.3. The molecule has 9 nitrogen and oxygen atoms in total. The molecule has 1 amide bonds. The zero-order valence-electron chi connectivity index (χ0n) is 21.4. The summed E-state index contributed by atoms with van der Waals surface area (Å²) in [7, 11) is -4.13. The number of halogens is 1. The van der Waals surface area contributed by atoms with Crippen molar-refractivity contribution in [3.05, 3.63) is 48.3 Å². The van der Waals surface area contributed by atoms with E-state index in [1.807, 2.05) is 20.8 Å². The Bertz CT molecular complexity index is 1390. The maximum atomic E-state index is 13.1. The number of fused-ring (bicyclic) bond motifs is 1. The number of isocyanates is 1. The normalized spacial score (nSPS) is 12.6. The predicted molar refractivity (Wildman–Crippen MR) is 143 cm³/mol. The van der Waals surface area contributed by atoms with Crippen molar-refractivity contribution in [3.63, 3.8) is 0 Å². The van der Waals surface area contributed by atoms with Crippen molar-refractivity contribution in [2.75, 3.05) is 5.32 Å². The number of benzene rings is 2. The lowest BCUT2D eigenvalue weighted by Gasteiger charge is -2.24. The molecular weight excluding hydrogens is 533 g/mol. The van der Waals surface area contributed by atoms with E-state index in [1.165, 1.54) is 23.5 Å². The number of aliphatic imine (C=N–C) groups is 1. The number of nitrogens with one attached hydrogen (secondary N) is 1. The van der Waals surface area contributed by atoms with Gasteiger partial charge in [0.05, 0.1) is 15.8 Å². The fourth-order valence-corrected chi connectivity index (χ4v) is 5.38. The topological polar surface area (TPSA) is 124 Å². The van der Waals surface area contributed by atoms with Gasteiger partial charge in [-0.15, -0.1) is 0 Å². The van der Waals surface area contributed by atoms with Gasteiger partial charge in [0.2, 0.25) is 12.0 Å². The van der Waals surface area contributed by atoms with Gasteiger partial charge >= 0.3 is 10.1 Å². The zero-order chi connectivity index (χ0) is 27.8. The van der Waals surface area contributed by atoms with Crippen LogP contribution in [0.4, 0.5) is 9.52 Å². The highest BCUT2D eigenvalue weighted by molar-refractivity contribution is 7.87. The first-order valence-electron chi connectivity index (χ1n) is 12.1. The Morgan fingerprint density at radius 2 is 1.84 bits per heavy atom. The third-order valence-electron chi connectivity index (χ3n) is 5.21. The number of aromatic nitrogens is 1. The fourth-order valence-electron chi connectivity index (χ4n) is 3.54. The zero-order valence-corrected chi connectivity index (χ0v) is 23.0. The molecule has 1 aromatic heterocycles. The van der Waals surface area contributed by atoms with E-state index in [0.717, 1.165) is 43.5 Å². The Kier molecular flexibility index (Phi) is 10.1. The minimum Gasteiger partial charge on any atom is -0.379 e. The van der Waals surface area contributed by atoms with Gasteiger partial charge in [-0.2, -0.15) is 13.4 Å². The van der Waals surface area contributed by atoms with E-state index in [-0.39, 0.29) is 16.6 Å². The number of ether oxygens (including phenoxy) is 1. The maximum Gasteiger partial charge on any atom is 0.339 e. The van der Waals surface area contributed by atoms with Gasteiger partial charge < -0.3 is 14.2 Å². The molecule has 1 unspecified atom stereocenters. The summed E-state index contributed by atoms with van der Waals surface area (Å²) in [6.45, 7) is 5.70. The Morgan fingerprint density at radius 1 is 1.13 bits per heavy atom. The van der Waals surface area contributed by atoms with Gasteiger partial charge in [-0.3, -0.25) is 4.79 Å². The van der Waals surface area contributed by atoms with E-state index in [9.17, 15) is 22.4 Å². The maximum absolute atomic E-state index is 13.1. The van der Waals surface area contributed by atoms with Crippen LogP contribution in [0.5, 0.6) is 5.75 Å². The number of hydrogen-bond donors (Lipinski definition) is 1. The van der Waals surface area contributed by atoms with Gasteiger partial charge in [-0.1, -0.05) is 24.2 Å². The first-order chi connectivity index (χ1) is 17.9. The molecule has 12 heteroatoms. The van der Waals surface area contributed by atoms with Crippen LogP contribution in [0.1, 0.15) is 59.3 Å². The lowest BCUT2D eigenvalue weighted by Crippen LogP contribution is -2.26. The minimum atomic E-state index is -4.13. The van der Waals surface area contributed by atoms with Crippen molar-refractivity contribution in [1.29, 1.82) is 0 Å². The molecular formula is C26H30FN3O6S2. The number of thiazole rings is 1. The van der Waals surface area contributed by atoms with Gasteiger partial charge in [-0.05, 0) is 76.4 Å². The van der Waals surface area contributed by atoms with Crippen molar-refractivity contribution in [2.24, 2.45) is 4.99 Å². The summed E-state index contributed by atoms with van der Waals surface area (Å²) in [4.78, 5) is 30.9. The van der Waals surface area contributed by atoms with Crippen LogP contribution in [0, 0.1) is 5.82 Å². The molecule has 0 spiro atoms. The molecule has 0 aliphatic rings. The summed E-state index contributed by atoms with van der Waals surface area (Å²) in [5.41, 5.74) is 0.182. The lowest BCUT2D eigenvalue weighted by molar-refractivity contribution is -0.116. The number of hydrogen-bond acceptors (Lipinski definition) is 9. The number of carbonyl (C=O) groups excluding carboxylic acids is 2. The number of rotatable bonds is 13. The van der Waals surface area contributed by atoms with Gasteiger partial charge in [0.1, 0.15) is 16.5 Å². The summed E-state index contributed by atoms with van der Waals surface area (Å²) >= 11 is 1.20. The van der Waals surface area contributed by atoms with Crippen LogP contribution in [0.25, 0.3) is 10.2 Å². The van der Waals surface area contributed by atoms with Crippen molar-refractivity contribution < 1.29 is 31.3 Å². The smallest absolute Gasteiger partial charge is 0.339 e. The minimum absolute atomic E-state index is 0.0809. The molecule has 0 aliphatic heterocycles. The molecule has 0 saturated heterocycles. The highest BCUT2D eigenvalue weighted by Crippen LogP contribution is 2.30. The van der Waals surface area contributed by atoms with Crippen LogP contribution in [-0.2, 0) is 24.4 Å². The van der Waals surface area contributed by atoms with Gasteiger partial charge in [0.15, 0.2) is 11.4 Å². The van der Waals surface area contributed by atoms with Gasteiger partial charge in [-0.25, -0.2) is 14.2 Å². The Balaban J connectivity index is 1.46. The largest absolute Gasteiger partial charge is 0.379 e. The lowest BCUT2D eigenvalue weighted by atomic mass is 10.1. The highest BCUT2D eigenvalue weighted by atomic mass is 32.2. The molecule has 3 rings (SSSR count). The molecule has 1 heterocycles. The SMILES string of the molecule is CC(C)(C)OC(CCCCCCC(=O)Nc1nc2ccc(OS(=O)(=O)c3ccc(F)cc3)cc2s1)N=C=O. The summed E-state index contributed by atoms with van der Waals surface area (Å²) in [6.07, 6.45) is 5.20. The first kappa shape index (κ1) is 29.4. The summed E-state index contributed by atoms with van der Waals surface area (Å²) in [6, 6.07) is 8.93. The summed E-state index contributed by atoms with van der Waals surface area (Å²) in [5.74, 6) is -0.637. The van der Waals surface area contributed by atoms with Crippen LogP contribution < -0.4 is 9.50 Å². The molecule has 204 valence electrons. The average molecular weight is 564 g/mol. The van der Waals surface area contributed by atoms with E-state index >= 15 is 0 Å². The van der Waals surface area contributed by atoms with Crippen molar-refractivity contribution in [2.45, 2.75) is 76.0 Å². The highest BCUT2D eigenvalue weighted by Gasteiger charge is 2.19. The standard InChI is InChI=1S/C26H30FN3O6S2/c1-26(2,3)35-24(28-17-31)9-7-5-4-6-8-23(32)30-25-29-21-15-12-19(16-22(21)37-25)36-38(33,34)20-13-10-18(27)11-14-20/h10-16,24H,4-9H2,1-3H3,(H,29,30,32). The number of unbranched alkanes of at least 4 members (excludes halogenated alkanes) is 3. The molecule has 2 aromatic carbocycles. The molecule has 0 saturated carbocycles. The molecule has 0 fully saturated rings. The number of carbonyl (C=O) groups is 1. The quantitative estimate of drug-likeness (QED) is 0.118. The predicted octanol–water partition coefficient (Wildman–Crippen LogP) is 5.96. The average Bonchev–Trinajstić information content (AvgIpc) is 3.21. The van der Waals surface area contributed by atoms with Gasteiger partial charge in [0, 0.05) is 12.5 Å².